The summed E-state index contributed by atoms with van der Waals surface area (Å²) in [6, 6.07) is 70.9. The number of fused-ring (bicyclic) bond motifs is 8. The third-order valence-corrected chi connectivity index (χ3v) is 18.5. The SMILES string of the molecule is CC1(C)c2cc(-c3ccc4c(c3)-c3ccccc3C43C4CC5CC(C4)CC3C5)ccc2-c2ccc(-c3c4ccccc4c(-c4cc5ccc6cccc7ccc(c4)c5c67)c4ccccc34)cc21. The molecule has 11 aromatic carbocycles. The van der Waals surface area contributed by atoms with Gasteiger partial charge in [-0.3, -0.25) is 0 Å². The van der Waals surface area contributed by atoms with Crippen LogP contribution in [0.3, 0.4) is 0 Å². The molecule has 6 aliphatic carbocycles. The largest absolute Gasteiger partial charge is 0.0619 e. The van der Waals surface area contributed by atoms with Gasteiger partial charge in [0.05, 0.1) is 0 Å². The molecule has 0 N–H and O–H groups in total. The zero-order chi connectivity index (χ0) is 43.9. The predicted molar refractivity (Wildman–Crippen MR) is 282 cm³/mol. The van der Waals surface area contributed by atoms with Crippen LogP contribution in [0.1, 0.15) is 68.2 Å². The summed E-state index contributed by atoms with van der Waals surface area (Å²) >= 11 is 0. The van der Waals surface area contributed by atoms with Crippen LogP contribution in [0.15, 0.2) is 182 Å². The molecule has 0 heteroatoms. The smallest absolute Gasteiger partial charge is 0.0271 e. The fourth-order valence-corrected chi connectivity index (χ4v) is 16.1. The van der Waals surface area contributed by atoms with Crippen molar-refractivity contribution in [2.45, 2.75) is 56.8 Å². The first-order valence-corrected chi connectivity index (χ1v) is 25.1. The molecule has 17 rings (SSSR count). The molecule has 0 heterocycles. The van der Waals surface area contributed by atoms with Gasteiger partial charge in [-0.25, -0.2) is 0 Å². The van der Waals surface area contributed by atoms with Crippen LogP contribution >= 0.6 is 0 Å². The van der Waals surface area contributed by atoms with Crippen molar-refractivity contribution >= 4 is 53.9 Å². The van der Waals surface area contributed by atoms with Gasteiger partial charge in [-0.1, -0.05) is 166 Å². The van der Waals surface area contributed by atoms with E-state index in [1.54, 1.807) is 11.1 Å². The molecular weight excluding hydrogens is 805 g/mol. The summed E-state index contributed by atoms with van der Waals surface area (Å²) in [5, 5.41) is 13.1. The first kappa shape index (κ1) is 37.1. The number of benzene rings is 11. The van der Waals surface area contributed by atoms with Crippen molar-refractivity contribution in [3.8, 4) is 55.6 Å². The molecule has 0 amide bonds. The molecule has 0 aromatic heterocycles. The Labute approximate surface area is 392 Å². The Balaban J connectivity index is 0.814. The van der Waals surface area contributed by atoms with Gasteiger partial charge in [-0.15, -0.1) is 0 Å². The Morgan fingerprint density at radius 2 is 0.791 bits per heavy atom. The van der Waals surface area contributed by atoms with Crippen molar-refractivity contribution in [1.82, 2.24) is 0 Å². The molecule has 0 unspecified atom stereocenters. The van der Waals surface area contributed by atoms with Crippen LogP contribution in [0.25, 0.3) is 109 Å². The van der Waals surface area contributed by atoms with Crippen LogP contribution in [0.2, 0.25) is 0 Å². The second kappa shape index (κ2) is 12.9. The molecule has 67 heavy (non-hydrogen) atoms. The van der Waals surface area contributed by atoms with Gasteiger partial charge in [0.15, 0.2) is 0 Å². The third kappa shape index (κ3) is 4.74. The van der Waals surface area contributed by atoms with Crippen molar-refractivity contribution in [3.63, 3.8) is 0 Å². The average molecular weight is 855 g/mol. The molecule has 11 aromatic rings. The van der Waals surface area contributed by atoms with Crippen LogP contribution in [-0.4, -0.2) is 0 Å². The summed E-state index contributed by atoms with van der Waals surface area (Å²) in [5.74, 6) is 3.48. The fraction of sp³-hybridized carbons (Fsp3) is 0.194. The maximum absolute atomic E-state index is 2.58. The second-order valence-electron chi connectivity index (χ2n) is 22.0. The molecule has 318 valence electrons. The van der Waals surface area contributed by atoms with Crippen molar-refractivity contribution in [3.05, 3.63) is 204 Å². The standard InChI is InChI=1S/C67H50/c1-66(2)60-36-43(42-24-27-59-57(35-42)50-12-7-8-17-58(50)67(59)48-29-38-28-39(31-48)32-49(67)30-38)22-25-51(60)52-26-23-46(37-61(52)66)64-53-13-3-5-15-55(53)65(56-16-6-4-14-54(56)64)47-33-44-20-18-40-10-9-11-41-19-21-45(34-47)63(44)62(40)41/h3-27,33-39,48-49H,28-32H2,1-2H3. The normalized spacial score (nSPS) is 22.7. The number of hydrogen-bond acceptors (Lipinski definition) is 0. The minimum Gasteiger partial charge on any atom is -0.0619 e. The van der Waals surface area contributed by atoms with Gasteiger partial charge < -0.3 is 0 Å². The Morgan fingerprint density at radius 3 is 1.42 bits per heavy atom. The zero-order valence-corrected chi connectivity index (χ0v) is 38.2. The van der Waals surface area contributed by atoms with Crippen LogP contribution in [0.4, 0.5) is 0 Å². The lowest BCUT2D eigenvalue weighted by Gasteiger charge is -2.61. The molecule has 4 bridgehead atoms. The summed E-state index contributed by atoms with van der Waals surface area (Å²) in [6.07, 6.45) is 7.17. The van der Waals surface area contributed by atoms with Gasteiger partial charge in [-0.2, -0.15) is 0 Å². The van der Waals surface area contributed by atoms with E-state index in [4.69, 9.17) is 0 Å². The highest BCUT2D eigenvalue weighted by atomic mass is 14.6. The Hall–Kier alpha value is -7.02. The van der Waals surface area contributed by atoms with E-state index >= 15 is 0 Å². The lowest BCUT2D eigenvalue weighted by Crippen LogP contribution is -2.55. The topological polar surface area (TPSA) is 0 Å². The highest BCUT2D eigenvalue weighted by Gasteiger charge is 2.61. The lowest BCUT2D eigenvalue weighted by molar-refractivity contribution is -0.0399. The van der Waals surface area contributed by atoms with E-state index < -0.39 is 0 Å². The van der Waals surface area contributed by atoms with Crippen molar-refractivity contribution in [2.75, 3.05) is 0 Å². The molecular formula is C67H50. The van der Waals surface area contributed by atoms with E-state index in [9.17, 15) is 0 Å². The summed E-state index contributed by atoms with van der Waals surface area (Å²) in [6.45, 7) is 4.90. The zero-order valence-electron chi connectivity index (χ0n) is 38.2. The monoisotopic (exact) mass is 854 g/mol. The Kier molecular flexibility index (Phi) is 7.15. The number of rotatable bonds is 3. The quantitative estimate of drug-likeness (QED) is 0.123. The highest BCUT2D eigenvalue weighted by Crippen LogP contribution is 2.69. The van der Waals surface area contributed by atoms with Gasteiger partial charge in [0.1, 0.15) is 0 Å². The van der Waals surface area contributed by atoms with Gasteiger partial charge >= 0.3 is 0 Å². The van der Waals surface area contributed by atoms with E-state index in [2.05, 4.69) is 196 Å². The molecule has 4 fully saturated rings. The number of hydrogen-bond donors (Lipinski definition) is 0. The first-order valence-electron chi connectivity index (χ1n) is 25.1. The van der Waals surface area contributed by atoms with E-state index in [-0.39, 0.29) is 10.8 Å². The molecule has 0 atom stereocenters. The molecule has 1 spiro atoms. The third-order valence-electron chi connectivity index (χ3n) is 18.5. The minimum absolute atomic E-state index is 0.167. The molecule has 4 saturated carbocycles. The van der Waals surface area contributed by atoms with Crippen LogP contribution < -0.4 is 0 Å². The van der Waals surface area contributed by atoms with Crippen molar-refractivity contribution in [1.29, 1.82) is 0 Å². The van der Waals surface area contributed by atoms with E-state index in [1.807, 2.05) is 0 Å². The second-order valence-corrected chi connectivity index (χ2v) is 22.0. The summed E-state index contributed by atoms with van der Waals surface area (Å²) in [5.41, 5.74) is 19.7. The maximum Gasteiger partial charge on any atom is 0.0271 e. The summed E-state index contributed by atoms with van der Waals surface area (Å²) < 4.78 is 0. The Morgan fingerprint density at radius 1 is 0.328 bits per heavy atom. The molecule has 0 nitrogen and oxygen atoms in total. The minimum atomic E-state index is -0.167. The van der Waals surface area contributed by atoms with Crippen molar-refractivity contribution in [2.24, 2.45) is 23.7 Å². The van der Waals surface area contributed by atoms with Gasteiger partial charge in [0, 0.05) is 10.8 Å². The maximum atomic E-state index is 2.58. The van der Waals surface area contributed by atoms with Crippen LogP contribution in [0, 0.1) is 23.7 Å². The van der Waals surface area contributed by atoms with Gasteiger partial charge in [-0.05, 0) is 218 Å². The van der Waals surface area contributed by atoms with E-state index in [1.165, 1.54) is 153 Å². The van der Waals surface area contributed by atoms with Crippen LogP contribution in [0.5, 0.6) is 0 Å². The molecule has 0 saturated heterocycles. The van der Waals surface area contributed by atoms with Crippen LogP contribution in [-0.2, 0) is 10.8 Å². The van der Waals surface area contributed by atoms with Gasteiger partial charge in [0.2, 0.25) is 0 Å². The lowest BCUT2D eigenvalue weighted by atomic mass is 9.43. The van der Waals surface area contributed by atoms with E-state index in [0.717, 1.165) is 23.7 Å². The fourth-order valence-electron chi connectivity index (χ4n) is 16.1. The summed E-state index contributed by atoms with van der Waals surface area (Å²) in [7, 11) is 0. The summed E-state index contributed by atoms with van der Waals surface area (Å²) in [4.78, 5) is 0. The highest BCUT2D eigenvalue weighted by molar-refractivity contribution is 6.26. The first-order chi connectivity index (χ1) is 32.9. The van der Waals surface area contributed by atoms with E-state index in [0.29, 0.717) is 0 Å². The van der Waals surface area contributed by atoms with Crippen molar-refractivity contribution < 1.29 is 0 Å². The Bertz CT molecular complexity index is 3820. The molecule has 0 radical (unpaired) electrons. The molecule has 6 aliphatic rings. The van der Waals surface area contributed by atoms with Gasteiger partial charge in [0.25, 0.3) is 0 Å². The predicted octanol–water partition coefficient (Wildman–Crippen LogP) is 17.9. The molecule has 0 aliphatic heterocycles. The average Bonchev–Trinajstić information content (AvgIpc) is 3.78.